The minimum atomic E-state index is -0.220. The summed E-state index contributed by atoms with van der Waals surface area (Å²) in [5.41, 5.74) is 0.952. The molecule has 0 saturated carbocycles. The van der Waals surface area contributed by atoms with Crippen molar-refractivity contribution < 1.29 is 19.1 Å². The first-order chi connectivity index (χ1) is 15.1. The second-order valence-electron chi connectivity index (χ2n) is 7.92. The summed E-state index contributed by atoms with van der Waals surface area (Å²) >= 11 is 1.43. The van der Waals surface area contributed by atoms with Gasteiger partial charge in [0.1, 0.15) is 0 Å². The maximum atomic E-state index is 12.9. The third kappa shape index (κ3) is 5.32. The molecule has 3 heterocycles. The molecule has 2 saturated heterocycles. The smallest absolute Gasteiger partial charge is 0.263 e. The lowest BCUT2D eigenvalue weighted by atomic mass is 9.95. The molecule has 2 N–H and O–H groups in total. The average Bonchev–Trinajstić information content (AvgIpc) is 3.52. The molecule has 3 amide bonds. The van der Waals surface area contributed by atoms with Gasteiger partial charge in [0.2, 0.25) is 5.91 Å². The van der Waals surface area contributed by atoms with Crippen molar-refractivity contribution in [3.63, 3.8) is 0 Å². The van der Waals surface area contributed by atoms with Gasteiger partial charge in [-0.05, 0) is 49.3 Å². The van der Waals surface area contributed by atoms with E-state index < -0.39 is 0 Å². The van der Waals surface area contributed by atoms with Gasteiger partial charge in [0.15, 0.2) is 0 Å². The number of nitrogens with one attached hydrogen (secondary N) is 2. The van der Waals surface area contributed by atoms with E-state index in [1.807, 2.05) is 22.4 Å². The Labute approximate surface area is 185 Å². The second kappa shape index (κ2) is 10.1. The number of nitrogens with zero attached hydrogens (tertiary/aromatic N) is 1. The normalized spacial score (nSPS) is 19.2. The molecule has 2 aromatic rings. The van der Waals surface area contributed by atoms with E-state index in [9.17, 15) is 14.4 Å². The summed E-state index contributed by atoms with van der Waals surface area (Å²) in [6, 6.07) is 10.7. The predicted octanol–water partition coefficient (Wildman–Crippen LogP) is 3.15. The summed E-state index contributed by atoms with van der Waals surface area (Å²) in [6.45, 7) is 2.32. The quantitative estimate of drug-likeness (QED) is 0.721. The molecule has 0 aliphatic carbocycles. The monoisotopic (exact) mass is 441 g/mol. The molecule has 7 nitrogen and oxygen atoms in total. The van der Waals surface area contributed by atoms with Crippen molar-refractivity contribution in [1.82, 2.24) is 10.2 Å². The summed E-state index contributed by atoms with van der Waals surface area (Å²) in [5.74, 6) is -0.483. The Morgan fingerprint density at radius 2 is 1.87 bits per heavy atom. The summed E-state index contributed by atoms with van der Waals surface area (Å²) in [6.07, 6.45) is 3.25. The summed E-state index contributed by atoms with van der Waals surface area (Å²) in [7, 11) is 0. The molecule has 1 unspecified atom stereocenters. The number of likely N-dealkylation sites (tertiary alicyclic amines) is 1. The summed E-state index contributed by atoms with van der Waals surface area (Å²) in [5, 5.41) is 7.73. The molecular weight excluding hydrogens is 414 g/mol. The molecule has 0 bridgehead atoms. The Bertz CT molecular complexity index is 917. The maximum absolute atomic E-state index is 12.9. The van der Waals surface area contributed by atoms with Gasteiger partial charge >= 0.3 is 0 Å². The number of amides is 3. The topological polar surface area (TPSA) is 87.7 Å². The largest absolute Gasteiger partial charge is 0.376 e. The van der Waals surface area contributed by atoms with E-state index in [1.165, 1.54) is 11.3 Å². The van der Waals surface area contributed by atoms with Gasteiger partial charge in [0.05, 0.1) is 22.2 Å². The second-order valence-corrected chi connectivity index (χ2v) is 8.87. The lowest BCUT2D eigenvalue weighted by Gasteiger charge is -2.31. The molecule has 4 rings (SSSR count). The van der Waals surface area contributed by atoms with Crippen LogP contribution in [0.25, 0.3) is 0 Å². The van der Waals surface area contributed by atoms with Gasteiger partial charge in [0, 0.05) is 32.2 Å². The van der Waals surface area contributed by atoms with Crippen LogP contribution in [0.5, 0.6) is 0 Å². The molecule has 2 fully saturated rings. The van der Waals surface area contributed by atoms with Gasteiger partial charge in [-0.2, -0.15) is 0 Å². The fraction of sp³-hybridized carbons (Fsp3) is 0.435. The van der Waals surface area contributed by atoms with Crippen LogP contribution in [0, 0.1) is 5.92 Å². The highest BCUT2D eigenvalue weighted by Crippen LogP contribution is 2.23. The fourth-order valence-corrected chi connectivity index (χ4v) is 4.72. The first-order valence-electron chi connectivity index (χ1n) is 10.7. The van der Waals surface area contributed by atoms with Gasteiger partial charge in [-0.3, -0.25) is 14.4 Å². The molecule has 31 heavy (non-hydrogen) atoms. The van der Waals surface area contributed by atoms with E-state index in [1.54, 1.807) is 24.3 Å². The van der Waals surface area contributed by atoms with Crippen molar-refractivity contribution >= 4 is 34.7 Å². The molecule has 8 heteroatoms. The number of thiophene rings is 1. The van der Waals surface area contributed by atoms with E-state index in [0.717, 1.165) is 24.3 Å². The Morgan fingerprint density at radius 1 is 1.06 bits per heavy atom. The summed E-state index contributed by atoms with van der Waals surface area (Å²) < 4.78 is 5.55. The molecular formula is C23H27N3O4S. The van der Waals surface area contributed by atoms with E-state index in [0.29, 0.717) is 43.7 Å². The maximum Gasteiger partial charge on any atom is 0.263 e. The summed E-state index contributed by atoms with van der Waals surface area (Å²) in [4.78, 5) is 40.5. The number of hydrogen-bond acceptors (Lipinski definition) is 5. The average molecular weight is 442 g/mol. The SMILES string of the molecule is O=C(NCC1CCCO1)c1ccccc1NC(=O)C1CCN(C(=O)c2cccs2)CC1. The zero-order valence-electron chi connectivity index (χ0n) is 17.3. The molecule has 2 aliphatic rings. The number of para-hydroxylation sites is 1. The minimum absolute atomic E-state index is 0.0297. The molecule has 1 atom stereocenters. The predicted molar refractivity (Wildman–Crippen MR) is 119 cm³/mol. The number of rotatable bonds is 6. The van der Waals surface area contributed by atoms with Crippen molar-refractivity contribution in [2.75, 3.05) is 31.6 Å². The van der Waals surface area contributed by atoms with Crippen molar-refractivity contribution in [3.05, 3.63) is 52.2 Å². The molecule has 164 valence electrons. The number of carbonyl (C=O) groups is 3. The minimum Gasteiger partial charge on any atom is -0.376 e. The standard InChI is InChI=1S/C23H27N3O4S/c27-21(16-9-11-26(12-10-16)23(29)20-8-4-14-31-20)25-19-7-2-1-6-18(19)22(28)24-15-17-5-3-13-30-17/h1-2,4,6-8,14,16-17H,3,5,9-13,15H2,(H,24,28)(H,25,27). The van der Waals surface area contributed by atoms with Gasteiger partial charge in [-0.25, -0.2) is 0 Å². The highest BCUT2D eigenvalue weighted by atomic mass is 32.1. The van der Waals surface area contributed by atoms with E-state index >= 15 is 0 Å². The molecule has 1 aromatic heterocycles. The number of carbonyl (C=O) groups excluding carboxylic acids is 3. The Hall–Kier alpha value is -2.71. The van der Waals surface area contributed by atoms with E-state index in [-0.39, 0.29) is 29.7 Å². The van der Waals surface area contributed by atoms with Crippen LogP contribution in [-0.2, 0) is 9.53 Å². The highest BCUT2D eigenvalue weighted by molar-refractivity contribution is 7.12. The Kier molecular flexibility index (Phi) is 6.99. The van der Waals surface area contributed by atoms with Gasteiger partial charge in [-0.1, -0.05) is 18.2 Å². The van der Waals surface area contributed by atoms with Crippen LogP contribution in [0.4, 0.5) is 5.69 Å². The van der Waals surface area contributed by atoms with Crippen LogP contribution in [0.2, 0.25) is 0 Å². The highest BCUT2D eigenvalue weighted by Gasteiger charge is 2.29. The van der Waals surface area contributed by atoms with Gasteiger partial charge in [-0.15, -0.1) is 11.3 Å². The zero-order valence-corrected chi connectivity index (χ0v) is 18.2. The van der Waals surface area contributed by atoms with Crippen LogP contribution in [0.1, 0.15) is 45.7 Å². The number of ether oxygens (including phenoxy) is 1. The number of piperidine rings is 1. The third-order valence-corrected chi connectivity index (χ3v) is 6.69. The zero-order chi connectivity index (χ0) is 21.6. The van der Waals surface area contributed by atoms with Crippen molar-refractivity contribution in [2.24, 2.45) is 5.92 Å². The van der Waals surface area contributed by atoms with Gasteiger partial charge in [0.25, 0.3) is 11.8 Å². The first-order valence-corrected chi connectivity index (χ1v) is 11.6. The Morgan fingerprint density at radius 3 is 2.58 bits per heavy atom. The molecule has 1 aromatic carbocycles. The number of benzene rings is 1. The van der Waals surface area contributed by atoms with Crippen LogP contribution in [0.3, 0.4) is 0 Å². The van der Waals surface area contributed by atoms with Crippen molar-refractivity contribution in [3.8, 4) is 0 Å². The molecule has 2 aliphatic heterocycles. The third-order valence-electron chi connectivity index (χ3n) is 5.83. The molecule has 0 radical (unpaired) electrons. The Balaban J connectivity index is 1.31. The van der Waals surface area contributed by atoms with Gasteiger partial charge < -0.3 is 20.3 Å². The number of hydrogen-bond donors (Lipinski definition) is 2. The number of anilines is 1. The van der Waals surface area contributed by atoms with Crippen LogP contribution in [0.15, 0.2) is 41.8 Å². The lowest BCUT2D eigenvalue weighted by molar-refractivity contribution is -0.121. The fourth-order valence-electron chi connectivity index (χ4n) is 4.03. The van der Waals surface area contributed by atoms with Crippen LogP contribution >= 0.6 is 11.3 Å². The van der Waals surface area contributed by atoms with Crippen LogP contribution in [-0.4, -0.2) is 55.0 Å². The van der Waals surface area contributed by atoms with Crippen molar-refractivity contribution in [1.29, 1.82) is 0 Å². The van der Waals surface area contributed by atoms with Crippen molar-refractivity contribution in [2.45, 2.75) is 31.8 Å². The van der Waals surface area contributed by atoms with Crippen LogP contribution < -0.4 is 10.6 Å². The van der Waals surface area contributed by atoms with E-state index in [2.05, 4.69) is 10.6 Å². The van der Waals surface area contributed by atoms with E-state index in [4.69, 9.17) is 4.74 Å². The molecule has 0 spiro atoms. The lowest BCUT2D eigenvalue weighted by Crippen LogP contribution is -2.41. The first kappa shape index (κ1) is 21.5.